The van der Waals surface area contributed by atoms with Crippen molar-refractivity contribution in [3.63, 3.8) is 0 Å². The Bertz CT molecular complexity index is 1040. The lowest BCUT2D eigenvalue weighted by Gasteiger charge is -2.16. The van der Waals surface area contributed by atoms with Crippen LogP contribution < -0.4 is 4.74 Å². The summed E-state index contributed by atoms with van der Waals surface area (Å²) in [5.41, 5.74) is 1.97. The minimum Gasteiger partial charge on any atom is -0.483 e. The summed E-state index contributed by atoms with van der Waals surface area (Å²) in [6.07, 6.45) is 0.319. The SMILES string of the molecule is Cc1ccccc1OCc1nc(CCN(C)S(=O)(=O)c2c(C)n[nH]c2C)no1. The van der Waals surface area contributed by atoms with E-state index in [1.807, 2.05) is 31.2 Å². The van der Waals surface area contributed by atoms with Crippen molar-refractivity contribution < 1.29 is 17.7 Å². The summed E-state index contributed by atoms with van der Waals surface area (Å²) >= 11 is 0. The van der Waals surface area contributed by atoms with Crippen LogP contribution in [0.1, 0.15) is 28.7 Å². The topological polar surface area (TPSA) is 114 Å². The molecule has 0 fully saturated rings. The molecule has 0 saturated carbocycles. The van der Waals surface area contributed by atoms with Crippen LogP contribution in [0.25, 0.3) is 0 Å². The van der Waals surface area contributed by atoms with Crippen LogP contribution in [0.3, 0.4) is 0 Å². The number of rotatable bonds is 8. The molecule has 0 bridgehead atoms. The molecule has 28 heavy (non-hydrogen) atoms. The Labute approximate surface area is 163 Å². The number of hydrogen-bond acceptors (Lipinski definition) is 7. The van der Waals surface area contributed by atoms with Gasteiger partial charge < -0.3 is 9.26 Å². The number of likely N-dealkylation sites (N-methyl/N-ethyl adjacent to an activating group) is 1. The second kappa shape index (κ2) is 8.11. The van der Waals surface area contributed by atoms with E-state index in [0.717, 1.165) is 11.3 Å². The van der Waals surface area contributed by atoms with Gasteiger partial charge in [-0.15, -0.1) is 0 Å². The van der Waals surface area contributed by atoms with Crippen LogP contribution in [0.4, 0.5) is 0 Å². The number of aryl methyl sites for hydroxylation is 3. The van der Waals surface area contributed by atoms with Crippen molar-refractivity contribution in [2.24, 2.45) is 0 Å². The first-order valence-corrected chi connectivity index (χ1v) is 10.2. The second-order valence-electron chi connectivity index (χ2n) is 6.50. The first-order valence-electron chi connectivity index (χ1n) is 8.77. The zero-order valence-electron chi connectivity index (χ0n) is 16.3. The van der Waals surface area contributed by atoms with Gasteiger partial charge in [-0.3, -0.25) is 5.10 Å². The highest BCUT2D eigenvalue weighted by molar-refractivity contribution is 7.89. The van der Waals surface area contributed by atoms with Crippen molar-refractivity contribution in [2.45, 2.75) is 38.7 Å². The summed E-state index contributed by atoms with van der Waals surface area (Å²) < 4.78 is 37.6. The van der Waals surface area contributed by atoms with E-state index in [1.54, 1.807) is 13.8 Å². The number of para-hydroxylation sites is 1. The average molecular weight is 405 g/mol. The standard InChI is InChI=1S/C18H23N5O4S/c1-12-7-5-6-8-15(12)26-11-17-19-16(22-27-17)9-10-23(4)28(24,25)18-13(2)20-21-14(18)3/h5-8H,9-11H2,1-4H3,(H,20,21). The Morgan fingerprint density at radius 3 is 2.64 bits per heavy atom. The van der Waals surface area contributed by atoms with Crippen molar-refractivity contribution in [1.82, 2.24) is 24.6 Å². The Morgan fingerprint density at radius 2 is 1.96 bits per heavy atom. The summed E-state index contributed by atoms with van der Waals surface area (Å²) in [6, 6.07) is 7.64. The molecule has 1 aromatic carbocycles. The Kier molecular flexibility index (Phi) is 5.80. The van der Waals surface area contributed by atoms with Gasteiger partial charge in [-0.2, -0.15) is 10.1 Å². The second-order valence-corrected chi connectivity index (χ2v) is 8.48. The number of hydrogen-bond donors (Lipinski definition) is 1. The molecule has 0 spiro atoms. The van der Waals surface area contributed by atoms with Gasteiger partial charge in [-0.05, 0) is 32.4 Å². The third-order valence-electron chi connectivity index (χ3n) is 4.33. The van der Waals surface area contributed by atoms with Gasteiger partial charge in [0, 0.05) is 20.0 Å². The molecule has 10 heteroatoms. The van der Waals surface area contributed by atoms with Crippen molar-refractivity contribution in [3.8, 4) is 5.75 Å². The molecule has 0 unspecified atom stereocenters. The van der Waals surface area contributed by atoms with Gasteiger partial charge in [0.25, 0.3) is 5.89 Å². The number of sulfonamides is 1. The van der Waals surface area contributed by atoms with E-state index in [2.05, 4.69) is 20.3 Å². The van der Waals surface area contributed by atoms with Gasteiger partial charge in [0.05, 0.1) is 11.4 Å². The summed E-state index contributed by atoms with van der Waals surface area (Å²) in [7, 11) is -2.13. The number of nitrogens with zero attached hydrogens (tertiary/aromatic N) is 4. The Morgan fingerprint density at radius 1 is 1.21 bits per heavy atom. The van der Waals surface area contributed by atoms with E-state index in [0.29, 0.717) is 29.5 Å². The van der Waals surface area contributed by atoms with Crippen LogP contribution in [0.5, 0.6) is 5.75 Å². The summed E-state index contributed by atoms with van der Waals surface area (Å²) in [4.78, 5) is 4.47. The van der Waals surface area contributed by atoms with Crippen molar-refractivity contribution in [2.75, 3.05) is 13.6 Å². The van der Waals surface area contributed by atoms with Crippen molar-refractivity contribution in [3.05, 3.63) is 52.9 Å². The Balaban J connectivity index is 1.59. The smallest absolute Gasteiger partial charge is 0.264 e. The van der Waals surface area contributed by atoms with Gasteiger partial charge in [-0.25, -0.2) is 12.7 Å². The molecular weight excluding hydrogens is 382 g/mol. The highest BCUT2D eigenvalue weighted by Crippen LogP contribution is 2.21. The van der Waals surface area contributed by atoms with E-state index >= 15 is 0 Å². The number of ether oxygens (including phenoxy) is 1. The van der Waals surface area contributed by atoms with E-state index in [-0.39, 0.29) is 18.0 Å². The molecule has 150 valence electrons. The quantitative estimate of drug-likeness (QED) is 0.611. The van der Waals surface area contributed by atoms with Gasteiger partial charge in [0.15, 0.2) is 12.4 Å². The lowest BCUT2D eigenvalue weighted by atomic mass is 10.2. The highest BCUT2D eigenvalue weighted by Gasteiger charge is 2.27. The summed E-state index contributed by atoms with van der Waals surface area (Å²) in [6.45, 7) is 5.66. The third kappa shape index (κ3) is 4.23. The maximum Gasteiger partial charge on any atom is 0.264 e. The van der Waals surface area contributed by atoms with Gasteiger partial charge in [-0.1, -0.05) is 23.4 Å². The zero-order chi connectivity index (χ0) is 20.3. The lowest BCUT2D eigenvalue weighted by molar-refractivity contribution is 0.241. The zero-order valence-corrected chi connectivity index (χ0v) is 17.1. The predicted octanol–water partition coefficient (Wildman–Crippen LogP) is 2.16. The largest absolute Gasteiger partial charge is 0.483 e. The molecule has 0 radical (unpaired) electrons. The summed E-state index contributed by atoms with van der Waals surface area (Å²) in [5, 5.41) is 10.5. The van der Waals surface area contributed by atoms with Crippen LogP contribution in [0, 0.1) is 20.8 Å². The maximum absolute atomic E-state index is 12.7. The molecule has 0 aliphatic heterocycles. The van der Waals surface area contributed by atoms with E-state index < -0.39 is 10.0 Å². The summed E-state index contributed by atoms with van der Waals surface area (Å²) in [5.74, 6) is 1.51. The van der Waals surface area contributed by atoms with E-state index in [4.69, 9.17) is 9.26 Å². The number of aromatic amines is 1. The van der Waals surface area contributed by atoms with Gasteiger partial charge in [0.2, 0.25) is 10.0 Å². The van der Waals surface area contributed by atoms with Crippen LogP contribution in [-0.2, 0) is 23.1 Å². The van der Waals surface area contributed by atoms with Gasteiger partial charge >= 0.3 is 0 Å². The lowest BCUT2D eigenvalue weighted by Crippen LogP contribution is -2.30. The Hall–Kier alpha value is -2.72. The van der Waals surface area contributed by atoms with Gasteiger partial charge in [0.1, 0.15) is 10.6 Å². The van der Waals surface area contributed by atoms with Crippen molar-refractivity contribution >= 4 is 10.0 Å². The molecule has 1 N–H and O–H groups in total. The third-order valence-corrected chi connectivity index (χ3v) is 6.45. The van der Waals surface area contributed by atoms with E-state index in [9.17, 15) is 8.42 Å². The molecule has 0 aliphatic carbocycles. The molecule has 2 aromatic heterocycles. The monoisotopic (exact) mass is 405 g/mol. The molecule has 2 heterocycles. The molecule has 0 atom stereocenters. The maximum atomic E-state index is 12.7. The molecule has 0 saturated heterocycles. The molecule has 0 aliphatic rings. The molecule has 3 rings (SSSR count). The molecule has 0 amide bonds. The fourth-order valence-electron chi connectivity index (χ4n) is 2.76. The van der Waals surface area contributed by atoms with Crippen LogP contribution in [0.15, 0.2) is 33.7 Å². The van der Waals surface area contributed by atoms with Crippen LogP contribution in [0.2, 0.25) is 0 Å². The highest BCUT2D eigenvalue weighted by atomic mass is 32.2. The first-order chi connectivity index (χ1) is 13.3. The number of aromatic nitrogens is 4. The normalized spacial score (nSPS) is 11.9. The van der Waals surface area contributed by atoms with Crippen molar-refractivity contribution in [1.29, 1.82) is 0 Å². The average Bonchev–Trinajstić information content (AvgIpc) is 3.25. The molecule has 9 nitrogen and oxygen atoms in total. The van der Waals surface area contributed by atoms with Crippen LogP contribution >= 0.6 is 0 Å². The number of H-pyrrole nitrogens is 1. The fraction of sp³-hybridized carbons (Fsp3) is 0.389. The predicted molar refractivity (Wildman–Crippen MR) is 101 cm³/mol. The van der Waals surface area contributed by atoms with Crippen LogP contribution in [-0.4, -0.2) is 46.7 Å². The number of benzene rings is 1. The van der Waals surface area contributed by atoms with E-state index in [1.165, 1.54) is 11.4 Å². The minimum atomic E-state index is -3.64. The molecular formula is C18H23N5O4S. The minimum absolute atomic E-state index is 0.152. The first kappa shape index (κ1) is 20.0. The molecule has 3 aromatic rings. The number of nitrogens with one attached hydrogen (secondary N) is 1. The fourth-order valence-corrected chi connectivity index (χ4v) is 4.26.